The minimum atomic E-state index is -0.745. The summed E-state index contributed by atoms with van der Waals surface area (Å²) in [6.07, 6.45) is 3.31. The normalized spacial score (nSPS) is 28.8. The first kappa shape index (κ1) is 9.10. The minimum Gasteiger partial charge on any atom is -0.460 e. The highest BCUT2D eigenvalue weighted by molar-refractivity contribution is 5.66. The van der Waals surface area contributed by atoms with Crippen molar-refractivity contribution < 1.29 is 14.3 Å². The molecule has 12 heavy (non-hydrogen) atoms. The fraction of sp³-hybridized carbons (Fsp3) is 0.667. The molecule has 0 bridgehead atoms. The van der Waals surface area contributed by atoms with Crippen molar-refractivity contribution >= 4 is 5.97 Å². The standard InChI is InChI=1S/C9H14O3/c1-7-4-5-9(3,11-6-7)12-8(2)10/h6H,4-5H2,1-3H3. The molecule has 0 amide bonds. The van der Waals surface area contributed by atoms with Crippen LogP contribution >= 0.6 is 0 Å². The van der Waals surface area contributed by atoms with Crippen molar-refractivity contribution in [1.29, 1.82) is 0 Å². The highest BCUT2D eigenvalue weighted by Gasteiger charge is 2.30. The largest absolute Gasteiger partial charge is 0.460 e. The van der Waals surface area contributed by atoms with Crippen molar-refractivity contribution in [1.82, 2.24) is 0 Å². The predicted octanol–water partition coefficient (Wildman–Crippen LogP) is 1.98. The molecule has 68 valence electrons. The summed E-state index contributed by atoms with van der Waals surface area (Å²) in [4.78, 5) is 10.7. The predicted molar refractivity (Wildman–Crippen MR) is 44.2 cm³/mol. The van der Waals surface area contributed by atoms with E-state index in [0.29, 0.717) is 0 Å². The summed E-state index contributed by atoms with van der Waals surface area (Å²) in [5.41, 5.74) is 1.18. The summed E-state index contributed by atoms with van der Waals surface area (Å²) in [5, 5.41) is 0. The number of ether oxygens (including phenoxy) is 2. The molecule has 0 spiro atoms. The Morgan fingerprint density at radius 2 is 2.42 bits per heavy atom. The molecule has 1 rings (SSSR count). The molecule has 0 N–H and O–H groups in total. The van der Waals surface area contributed by atoms with E-state index in [-0.39, 0.29) is 5.97 Å². The van der Waals surface area contributed by atoms with E-state index in [0.717, 1.165) is 12.8 Å². The number of hydrogen-bond donors (Lipinski definition) is 0. The first-order valence-corrected chi connectivity index (χ1v) is 4.05. The monoisotopic (exact) mass is 170 g/mol. The van der Waals surface area contributed by atoms with Crippen molar-refractivity contribution in [2.45, 2.75) is 39.4 Å². The highest BCUT2D eigenvalue weighted by Crippen LogP contribution is 2.27. The molecule has 1 heterocycles. The highest BCUT2D eigenvalue weighted by atomic mass is 16.7. The summed E-state index contributed by atoms with van der Waals surface area (Å²) in [5.74, 6) is -1.05. The smallest absolute Gasteiger partial charge is 0.305 e. The van der Waals surface area contributed by atoms with Gasteiger partial charge in [0.15, 0.2) is 0 Å². The van der Waals surface area contributed by atoms with Gasteiger partial charge in [-0.15, -0.1) is 0 Å². The van der Waals surface area contributed by atoms with Crippen LogP contribution in [0.1, 0.15) is 33.6 Å². The first-order chi connectivity index (χ1) is 5.52. The summed E-state index contributed by atoms with van der Waals surface area (Å²) >= 11 is 0. The molecule has 1 aliphatic rings. The number of hydrogen-bond acceptors (Lipinski definition) is 3. The third-order valence-corrected chi connectivity index (χ3v) is 1.84. The maximum Gasteiger partial charge on any atom is 0.305 e. The molecule has 0 saturated heterocycles. The number of rotatable bonds is 1. The quantitative estimate of drug-likeness (QED) is 0.564. The number of carbonyl (C=O) groups excluding carboxylic acids is 1. The maximum absolute atomic E-state index is 10.7. The summed E-state index contributed by atoms with van der Waals surface area (Å²) in [7, 11) is 0. The lowest BCUT2D eigenvalue weighted by atomic mass is 10.1. The van der Waals surface area contributed by atoms with Crippen LogP contribution in [-0.4, -0.2) is 11.8 Å². The molecule has 3 nitrogen and oxygen atoms in total. The molecule has 0 aromatic heterocycles. The number of carbonyl (C=O) groups is 1. The lowest BCUT2D eigenvalue weighted by Crippen LogP contribution is -2.34. The lowest BCUT2D eigenvalue weighted by molar-refractivity contribution is -0.208. The van der Waals surface area contributed by atoms with Crippen LogP contribution in [-0.2, 0) is 14.3 Å². The molecular formula is C9H14O3. The molecule has 1 aliphatic heterocycles. The molecule has 0 aromatic carbocycles. The maximum atomic E-state index is 10.7. The van der Waals surface area contributed by atoms with Gasteiger partial charge in [0.05, 0.1) is 6.26 Å². The van der Waals surface area contributed by atoms with Crippen molar-refractivity contribution in [3.8, 4) is 0 Å². The fourth-order valence-electron chi connectivity index (χ4n) is 1.15. The van der Waals surface area contributed by atoms with Gasteiger partial charge in [0.2, 0.25) is 0 Å². The topological polar surface area (TPSA) is 35.5 Å². The van der Waals surface area contributed by atoms with E-state index < -0.39 is 5.79 Å². The lowest BCUT2D eigenvalue weighted by Gasteiger charge is -2.31. The van der Waals surface area contributed by atoms with Crippen LogP contribution < -0.4 is 0 Å². The fourth-order valence-corrected chi connectivity index (χ4v) is 1.15. The molecular weight excluding hydrogens is 156 g/mol. The van der Waals surface area contributed by atoms with Crippen LogP contribution in [0.4, 0.5) is 0 Å². The zero-order chi connectivity index (χ0) is 9.19. The Hall–Kier alpha value is -0.990. The Morgan fingerprint density at radius 3 is 2.83 bits per heavy atom. The van der Waals surface area contributed by atoms with Gasteiger partial charge < -0.3 is 9.47 Å². The second-order valence-corrected chi connectivity index (χ2v) is 3.31. The van der Waals surface area contributed by atoms with Crippen LogP contribution in [0, 0.1) is 0 Å². The van der Waals surface area contributed by atoms with Gasteiger partial charge in [-0.05, 0) is 18.9 Å². The summed E-state index contributed by atoms with van der Waals surface area (Å²) in [6, 6.07) is 0. The Labute approximate surface area is 72.4 Å². The molecule has 0 saturated carbocycles. The Balaban J connectivity index is 2.57. The molecule has 0 aliphatic carbocycles. The number of allylic oxidation sites excluding steroid dienone is 1. The van der Waals surface area contributed by atoms with Gasteiger partial charge in [-0.2, -0.15) is 0 Å². The summed E-state index contributed by atoms with van der Waals surface area (Å²) in [6.45, 7) is 5.16. The van der Waals surface area contributed by atoms with Crippen LogP contribution in [0.3, 0.4) is 0 Å². The Kier molecular flexibility index (Phi) is 2.40. The average Bonchev–Trinajstić information content (AvgIpc) is 1.94. The van der Waals surface area contributed by atoms with Gasteiger partial charge in [-0.3, -0.25) is 4.79 Å². The van der Waals surface area contributed by atoms with Crippen LogP contribution in [0.15, 0.2) is 11.8 Å². The second-order valence-electron chi connectivity index (χ2n) is 3.31. The third kappa shape index (κ3) is 2.26. The van der Waals surface area contributed by atoms with Crippen molar-refractivity contribution in [3.05, 3.63) is 11.8 Å². The van der Waals surface area contributed by atoms with E-state index in [2.05, 4.69) is 0 Å². The third-order valence-electron chi connectivity index (χ3n) is 1.84. The van der Waals surface area contributed by atoms with E-state index >= 15 is 0 Å². The zero-order valence-electron chi connectivity index (χ0n) is 7.72. The number of esters is 1. The average molecular weight is 170 g/mol. The molecule has 1 unspecified atom stereocenters. The molecule has 0 fully saturated rings. The Bertz CT molecular complexity index is 220. The molecule has 0 radical (unpaired) electrons. The van der Waals surface area contributed by atoms with Crippen molar-refractivity contribution in [2.75, 3.05) is 0 Å². The Morgan fingerprint density at radius 1 is 1.75 bits per heavy atom. The molecule has 0 aromatic rings. The molecule has 3 heteroatoms. The SMILES string of the molecule is CC(=O)OC1(C)CCC(C)=CO1. The van der Waals surface area contributed by atoms with Gasteiger partial charge in [0.25, 0.3) is 5.79 Å². The van der Waals surface area contributed by atoms with Crippen molar-refractivity contribution in [3.63, 3.8) is 0 Å². The first-order valence-electron chi connectivity index (χ1n) is 4.05. The van der Waals surface area contributed by atoms with Crippen LogP contribution in [0.2, 0.25) is 0 Å². The van der Waals surface area contributed by atoms with Gasteiger partial charge in [0, 0.05) is 20.3 Å². The van der Waals surface area contributed by atoms with Crippen LogP contribution in [0.25, 0.3) is 0 Å². The van der Waals surface area contributed by atoms with Crippen LogP contribution in [0.5, 0.6) is 0 Å². The van der Waals surface area contributed by atoms with Gasteiger partial charge in [-0.25, -0.2) is 0 Å². The van der Waals surface area contributed by atoms with Gasteiger partial charge in [-0.1, -0.05) is 0 Å². The zero-order valence-corrected chi connectivity index (χ0v) is 7.72. The van der Waals surface area contributed by atoms with E-state index in [1.807, 2.05) is 6.92 Å². The second kappa shape index (κ2) is 3.17. The molecule has 1 atom stereocenters. The van der Waals surface area contributed by atoms with E-state index in [1.54, 1.807) is 13.2 Å². The van der Waals surface area contributed by atoms with E-state index in [9.17, 15) is 4.79 Å². The van der Waals surface area contributed by atoms with E-state index in [1.165, 1.54) is 12.5 Å². The van der Waals surface area contributed by atoms with Crippen molar-refractivity contribution in [2.24, 2.45) is 0 Å². The summed E-state index contributed by atoms with van der Waals surface area (Å²) < 4.78 is 10.3. The van der Waals surface area contributed by atoms with E-state index in [4.69, 9.17) is 9.47 Å². The minimum absolute atomic E-state index is 0.301. The van der Waals surface area contributed by atoms with Gasteiger partial charge >= 0.3 is 5.97 Å². The van der Waals surface area contributed by atoms with Gasteiger partial charge in [0.1, 0.15) is 0 Å².